The van der Waals surface area contributed by atoms with Gasteiger partial charge in [-0.15, -0.1) is 0 Å². The van der Waals surface area contributed by atoms with Crippen LogP contribution in [0.3, 0.4) is 0 Å². The second-order valence-corrected chi connectivity index (χ2v) is 2.95. The molecule has 0 spiro atoms. The molecular weight excluding hydrogens is 132 g/mol. The molecule has 0 heterocycles. The smallest absolute Gasteiger partial charge is 0.306 e. The lowest BCUT2D eigenvalue weighted by molar-refractivity contribution is -0.141. The summed E-state index contributed by atoms with van der Waals surface area (Å²) in [5, 5.41) is 8.43. The van der Waals surface area contributed by atoms with Crippen molar-refractivity contribution in [3.63, 3.8) is 0 Å². The fourth-order valence-electron chi connectivity index (χ4n) is 0.747. The molecule has 0 saturated carbocycles. The summed E-state index contributed by atoms with van der Waals surface area (Å²) in [7, 11) is 0. The van der Waals surface area contributed by atoms with E-state index in [4.69, 9.17) is 16.6 Å². The van der Waals surface area contributed by atoms with E-state index in [0.717, 1.165) is 0 Å². The molecule has 0 unspecified atom stereocenters. The van der Waals surface area contributed by atoms with Gasteiger partial charge < -0.3 is 16.6 Å². The van der Waals surface area contributed by atoms with Gasteiger partial charge in [-0.1, -0.05) is 6.92 Å². The predicted molar refractivity (Wildman–Crippen MR) is 38.2 cm³/mol. The van der Waals surface area contributed by atoms with Gasteiger partial charge in [-0.2, -0.15) is 0 Å². The Morgan fingerprint density at radius 3 is 2.20 bits per heavy atom. The van der Waals surface area contributed by atoms with Crippen molar-refractivity contribution in [3.05, 3.63) is 0 Å². The molecule has 0 aliphatic carbocycles. The summed E-state index contributed by atoms with van der Waals surface area (Å²) in [6, 6.07) is 0. The molecular formula is C6H14N2O2. The highest BCUT2D eigenvalue weighted by Crippen LogP contribution is 2.08. The average molecular weight is 146 g/mol. The summed E-state index contributed by atoms with van der Waals surface area (Å²) in [4.78, 5) is 10.3. The molecule has 0 amide bonds. The molecule has 0 saturated heterocycles. The second kappa shape index (κ2) is 2.98. The van der Waals surface area contributed by atoms with Crippen LogP contribution in [-0.2, 0) is 4.79 Å². The number of carbonyl (C=O) groups is 1. The highest BCUT2D eigenvalue weighted by molar-refractivity contribution is 5.69. The Labute approximate surface area is 60.2 Å². The molecule has 0 aromatic carbocycles. The molecule has 4 nitrogen and oxygen atoms in total. The van der Waals surface area contributed by atoms with E-state index in [-0.39, 0.29) is 0 Å². The summed E-state index contributed by atoms with van der Waals surface area (Å²) in [6.07, 6.45) is 0.294. The quantitative estimate of drug-likeness (QED) is 0.478. The van der Waals surface area contributed by atoms with Gasteiger partial charge in [0.05, 0.1) is 11.6 Å². The zero-order valence-electron chi connectivity index (χ0n) is 6.29. The van der Waals surface area contributed by atoms with Crippen LogP contribution in [0.15, 0.2) is 0 Å². The number of carboxylic acid groups (broad SMARTS) is 1. The molecule has 5 N–H and O–H groups in total. The molecule has 1 atom stereocenters. The third-order valence-electron chi connectivity index (χ3n) is 1.17. The molecule has 0 fully saturated rings. The first-order valence-electron chi connectivity index (χ1n) is 3.13. The Morgan fingerprint density at radius 2 is 2.10 bits per heavy atom. The van der Waals surface area contributed by atoms with Crippen LogP contribution < -0.4 is 11.5 Å². The summed E-state index contributed by atoms with van der Waals surface area (Å²) in [5.41, 5.74) is 9.90. The van der Waals surface area contributed by atoms with Crippen molar-refractivity contribution in [3.8, 4) is 0 Å². The Balaban J connectivity index is 3.80. The van der Waals surface area contributed by atoms with E-state index in [0.29, 0.717) is 6.42 Å². The summed E-state index contributed by atoms with van der Waals surface area (Å²) < 4.78 is 0. The van der Waals surface area contributed by atoms with Gasteiger partial charge >= 0.3 is 5.97 Å². The zero-order chi connectivity index (χ0) is 8.36. The normalized spacial score (nSPS) is 14.8. The molecule has 0 aliphatic rings. The van der Waals surface area contributed by atoms with E-state index in [2.05, 4.69) is 0 Å². The average Bonchev–Trinajstić information content (AvgIpc) is 1.60. The Hall–Kier alpha value is -0.610. The Bertz CT molecular complexity index is 128. The van der Waals surface area contributed by atoms with Gasteiger partial charge in [0.25, 0.3) is 0 Å². The summed E-state index contributed by atoms with van der Waals surface area (Å²) in [6.45, 7) is 3.19. The molecule has 0 bridgehead atoms. The Morgan fingerprint density at radius 1 is 1.70 bits per heavy atom. The molecule has 4 heteroatoms. The van der Waals surface area contributed by atoms with Gasteiger partial charge in [-0.3, -0.25) is 4.79 Å². The van der Waals surface area contributed by atoms with Crippen LogP contribution in [0.25, 0.3) is 0 Å². The number of nitrogens with two attached hydrogens (primary N) is 2. The van der Waals surface area contributed by atoms with E-state index in [1.54, 1.807) is 13.8 Å². The molecule has 0 aromatic rings. The van der Waals surface area contributed by atoms with Gasteiger partial charge in [-0.25, -0.2) is 0 Å². The van der Waals surface area contributed by atoms with Crippen molar-refractivity contribution in [2.45, 2.75) is 25.9 Å². The minimum absolute atomic E-state index is 0.294. The van der Waals surface area contributed by atoms with Crippen LogP contribution in [0.5, 0.6) is 0 Å². The number of rotatable bonds is 3. The maximum Gasteiger partial charge on any atom is 0.306 e. The van der Waals surface area contributed by atoms with Crippen LogP contribution in [0.1, 0.15) is 20.3 Å². The van der Waals surface area contributed by atoms with Crippen LogP contribution in [0.2, 0.25) is 0 Å². The monoisotopic (exact) mass is 146 g/mol. The topological polar surface area (TPSA) is 89.3 Å². The molecule has 10 heavy (non-hydrogen) atoms. The maximum atomic E-state index is 10.3. The number of aliphatic carboxylic acids is 1. The standard InChI is InChI=1S/C6H14N2O2/c1-4(5(9)10)3-6(2,7)8/h4H,3,7-8H2,1-2H3,(H,9,10)/t4-/m0/s1. The fraction of sp³-hybridized carbons (Fsp3) is 0.833. The minimum atomic E-state index is -0.877. The largest absolute Gasteiger partial charge is 0.481 e. The highest BCUT2D eigenvalue weighted by atomic mass is 16.4. The van der Waals surface area contributed by atoms with Gasteiger partial charge in [-0.05, 0) is 13.3 Å². The van der Waals surface area contributed by atoms with E-state index < -0.39 is 17.6 Å². The second-order valence-electron chi connectivity index (χ2n) is 2.95. The number of hydrogen-bond acceptors (Lipinski definition) is 3. The van der Waals surface area contributed by atoms with E-state index >= 15 is 0 Å². The van der Waals surface area contributed by atoms with E-state index in [1.807, 2.05) is 0 Å². The van der Waals surface area contributed by atoms with Crippen molar-refractivity contribution in [2.75, 3.05) is 0 Å². The first kappa shape index (κ1) is 9.39. The third-order valence-corrected chi connectivity index (χ3v) is 1.17. The molecule has 0 radical (unpaired) electrons. The lowest BCUT2D eigenvalue weighted by Crippen LogP contribution is -2.48. The molecule has 0 aromatic heterocycles. The van der Waals surface area contributed by atoms with Crippen LogP contribution in [0, 0.1) is 5.92 Å². The molecule has 0 aliphatic heterocycles. The zero-order valence-corrected chi connectivity index (χ0v) is 6.29. The van der Waals surface area contributed by atoms with Crippen molar-refractivity contribution >= 4 is 5.97 Å². The molecule has 60 valence electrons. The predicted octanol–water partition coefficient (Wildman–Crippen LogP) is -0.269. The van der Waals surface area contributed by atoms with Crippen LogP contribution in [-0.4, -0.2) is 16.7 Å². The van der Waals surface area contributed by atoms with Crippen molar-refractivity contribution < 1.29 is 9.90 Å². The SMILES string of the molecule is C[C@@H](CC(C)(N)N)C(=O)O. The van der Waals surface area contributed by atoms with Crippen molar-refractivity contribution in [1.29, 1.82) is 0 Å². The minimum Gasteiger partial charge on any atom is -0.481 e. The van der Waals surface area contributed by atoms with Gasteiger partial charge in [0.1, 0.15) is 0 Å². The lowest BCUT2D eigenvalue weighted by Gasteiger charge is -2.20. The highest BCUT2D eigenvalue weighted by Gasteiger charge is 2.20. The van der Waals surface area contributed by atoms with E-state index in [1.165, 1.54) is 0 Å². The van der Waals surface area contributed by atoms with E-state index in [9.17, 15) is 4.79 Å². The van der Waals surface area contributed by atoms with Gasteiger partial charge in [0, 0.05) is 0 Å². The Kier molecular flexibility index (Phi) is 2.80. The summed E-state index contributed by atoms with van der Waals surface area (Å²) >= 11 is 0. The first-order chi connectivity index (χ1) is 4.33. The third kappa shape index (κ3) is 4.29. The van der Waals surface area contributed by atoms with Crippen LogP contribution >= 0.6 is 0 Å². The first-order valence-corrected chi connectivity index (χ1v) is 3.13. The van der Waals surface area contributed by atoms with Crippen molar-refractivity contribution in [2.24, 2.45) is 17.4 Å². The maximum absolute atomic E-state index is 10.3. The van der Waals surface area contributed by atoms with Crippen molar-refractivity contribution in [1.82, 2.24) is 0 Å². The number of hydrogen-bond donors (Lipinski definition) is 3. The fourth-order valence-corrected chi connectivity index (χ4v) is 0.747. The molecule has 0 rings (SSSR count). The summed E-state index contributed by atoms with van der Waals surface area (Å²) in [5.74, 6) is -1.33. The van der Waals surface area contributed by atoms with Gasteiger partial charge in [0.2, 0.25) is 0 Å². The lowest BCUT2D eigenvalue weighted by atomic mass is 9.99. The van der Waals surface area contributed by atoms with Gasteiger partial charge in [0.15, 0.2) is 0 Å². The number of carboxylic acids is 1. The van der Waals surface area contributed by atoms with Crippen LogP contribution in [0.4, 0.5) is 0 Å².